The summed E-state index contributed by atoms with van der Waals surface area (Å²) in [5.41, 5.74) is 2.73. The van der Waals surface area contributed by atoms with Crippen LogP contribution in [-0.4, -0.2) is 27.0 Å². The van der Waals surface area contributed by atoms with Gasteiger partial charge >= 0.3 is 0 Å². The summed E-state index contributed by atoms with van der Waals surface area (Å²) < 4.78 is 9.65. The van der Waals surface area contributed by atoms with Gasteiger partial charge in [-0.25, -0.2) is 4.98 Å². The highest BCUT2D eigenvalue weighted by Gasteiger charge is 2.20. The summed E-state index contributed by atoms with van der Waals surface area (Å²) in [5.74, 6) is 0.856. The first-order valence-corrected chi connectivity index (χ1v) is 11.1. The first kappa shape index (κ1) is 20.3. The van der Waals surface area contributed by atoms with Gasteiger partial charge in [-0.2, -0.15) is 5.26 Å². The second kappa shape index (κ2) is 8.44. The Labute approximate surface area is 186 Å². The van der Waals surface area contributed by atoms with E-state index in [1.54, 1.807) is 16.2 Å². The summed E-state index contributed by atoms with van der Waals surface area (Å²) in [6.45, 7) is 1.94. The minimum atomic E-state index is -0.201. The molecule has 0 amide bonds. The Bertz CT molecular complexity index is 1410. The molecule has 0 radical (unpaired) electrons. The molecule has 0 saturated carbocycles. The largest absolute Gasteiger partial charge is 0.497 e. The molecular weight excluding hydrogens is 436 g/mol. The molecule has 2 heterocycles. The fourth-order valence-corrected chi connectivity index (χ4v) is 5.09. The van der Waals surface area contributed by atoms with Crippen molar-refractivity contribution in [1.29, 1.82) is 5.26 Å². The summed E-state index contributed by atoms with van der Waals surface area (Å²) in [7, 11) is 1.60. The van der Waals surface area contributed by atoms with Crippen LogP contribution in [0.1, 0.15) is 5.56 Å². The van der Waals surface area contributed by atoms with Crippen molar-refractivity contribution in [2.24, 2.45) is 0 Å². The molecule has 0 aliphatic carbocycles. The highest BCUT2D eigenvalue weighted by molar-refractivity contribution is 7.99. The Morgan fingerprint density at radius 1 is 1.23 bits per heavy atom. The van der Waals surface area contributed by atoms with E-state index in [-0.39, 0.29) is 11.3 Å². The van der Waals surface area contributed by atoms with Crippen LogP contribution in [0.2, 0.25) is 0 Å². The zero-order valence-electron chi connectivity index (χ0n) is 16.2. The van der Waals surface area contributed by atoms with E-state index in [0.29, 0.717) is 25.2 Å². The number of rotatable bonds is 5. The molecule has 0 aliphatic rings. The van der Waals surface area contributed by atoms with Crippen molar-refractivity contribution in [2.75, 3.05) is 12.9 Å². The van der Waals surface area contributed by atoms with Crippen LogP contribution in [0.5, 0.6) is 5.75 Å². The minimum Gasteiger partial charge on any atom is -0.497 e. The number of benzene rings is 2. The number of hydrogen-bond acceptors (Lipinski definition) is 7. The van der Waals surface area contributed by atoms with E-state index in [1.807, 2.05) is 55.5 Å². The average molecular weight is 453 g/mol. The third-order valence-electron chi connectivity index (χ3n) is 4.51. The first-order chi connectivity index (χ1) is 14.5. The minimum absolute atomic E-state index is 0.174. The van der Waals surface area contributed by atoms with Crippen LogP contribution in [0.15, 0.2) is 58.5 Å². The number of para-hydroxylation sites is 1. The van der Waals surface area contributed by atoms with Gasteiger partial charge in [0.1, 0.15) is 10.4 Å². The van der Waals surface area contributed by atoms with E-state index < -0.39 is 0 Å². The molecule has 2 aromatic carbocycles. The molecule has 0 aliphatic heterocycles. The molecule has 30 heavy (non-hydrogen) atoms. The molecular formula is C21H16N4O2S3. The van der Waals surface area contributed by atoms with E-state index in [9.17, 15) is 4.79 Å². The fourth-order valence-electron chi connectivity index (χ4n) is 3.13. The Balaban J connectivity index is 2.06. The number of thiazole rings is 1. The van der Waals surface area contributed by atoms with Crippen LogP contribution >= 0.6 is 35.3 Å². The maximum Gasteiger partial charge on any atom is 0.278 e. The molecule has 0 N–H and O–H groups in total. The third kappa shape index (κ3) is 3.54. The molecule has 9 heteroatoms. The Morgan fingerprint density at radius 2 is 2.03 bits per heavy atom. The zero-order valence-corrected chi connectivity index (χ0v) is 18.6. The summed E-state index contributed by atoms with van der Waals surface area (Å²) >= 11 is 8.04. The predicted molar refractivity (Wildman–Crippen MR) is 123 cm³/mol. The van der Waals surface area contributed by atoms with Crippen LogP contribution in [-0.2, 0) is 0 Å². The standard InChI is InChI=1S/C21H16N4O2S3/c1-13-6-3-4-9-16(13)25-19(26)17-18(23-20(25)29-11-10-22)24(21(28)30-17)14-7-5-8-15(12-14)27-2/h3-9,12H,11H2,1-2H3. The lowest BCUT2D eigenvalue weighted by atomic mass is 10.2. The second-order valence-corrected chi connectivity index (χ2v) is 8.91. The normalized spacial score (nSPS) is 10.8. The van der Waals surface area contributed by atoms with Crippen molar-refractivity contribution in [1.82, 2.24) is 14.1 Å². The molecule has 0 bridgehead atoms. The third-order valence-corrected chi connectivity index (χ3v) is 6.67. The topological polar surface area (TPSA) is 72.8 Å². The number of ether oxygens (including phenoxy) is 1. The summed E-state index contributed by atoms with van der Waals surface area (Å²) in [4.78, 5) is 18.3. The van der Waals surface area contributed by atoms with E-state index in [0.717, 1.165) is 16.9 Å². The van der Waals surface area contributed by atoms with E-state index >= 15 is 0 Å². The Morgan fingerprint density at radius 3 is 2.77 bits per heavy atom. The van der Waals surface area contributed by atoms with Crippen molar-refractivity contribution >= 4 is 45.7 Å². The molecule has 6 nitrogen and oxygen atoms in total. The van der Waals surface area contributed by atoms with Crippen LogP contribution in [0.3, 0.4) is 0 Å². The first-order valence-electron chi connectivity index (χ1n) is 8.94. The molecule has 4 rings (SSSR count). The molecule has 4 aromatic rings. The van der Waals surface area contributed by atoms with Gasteiger partial charge in [-0.3, -0.25) is 13.9 Å². The van der Waals surface area contributed by atoms with Crippen molar-refractivity contribution < 1.29 is 4.74 Å². The van der Waals surface area contributed by atoms with Crippen molar-refractivity contribution in [3.63, 3.8) is 0 Å². The molecule has 0 atom stereocenters. The van der Waals surface area contributed by atoms with Crippen LogP contribution in [0.4, 0.5) is 0 Å². The number of hydrogen-bond donors (Lipinski definition) is 0. The van der Waals surface area contributed by atoms with Gasteiger partial charge in [-0.15, -0.1) is 0 Å². The number of nitriles is 1. The lowest BCUT2D eigenvalue weighted by Gasteiger charge is -2.14. The van der Waals surface area contributed by atoms with Crippen molar-refractivity contribution in [2.45, 2.75) is 12.1 Å². The van der Waals surface area contributed by atoms with E-state index in [1.165, 1.54) is 23.1 Å². The van der Waals surface area contributed by atoms with E-state index in [2.05, 4.69) is 6.07 Å². The fraction of sp³-hybridized carbons (Fsp3) is 0.143. The van der Waals surface area contributed by atoms with E-state index in [4.69, 9.17) is 27.2 Å². The maximum atomic E-state index is 13.5. The van der Waals surface area contributed by atoms with Crippen LogP contribution < -0.4 is 10.3 Å². The monoisotopic (exact) mass is 452 g/mol. The van der Waals surface area contributed by atoms with Crippen molar-refractivity contribution in [3.8, 4) is 23.2 Å². The van der Waals surface area contributed by atoms with Gasteiger partial charge in [0.15, 0.2) is 14.8 Å². The lowest BCUT2D eigenvalue weighted by Crippen LogP contribution is -2.22. The van der Waals surface area contributed by atoms with Gasteiger partial charge < -0.3 is 4.74 Å². The van der Waals surface area contributed by atoms with Gasteiger partial charge in [0.25, 0.3) is 5.56 Å². The molecule has 0 saturated heterocycles. The molecule has 150 valence electrons. The number of nitrogens with zero attached hydrogens (tertiary/aromatic N) is 4. The molecule has 0 unspecified atom stereocenters. The Hall–Kier alpha value is -2.93. The van der Waals surface area contributed by atoms with Crippen molar-refractivity contribution in [3.05, 3.63) is 68.4 Å². The predicted octanol–water partition coefficient (Wildman–Crippen LogP) is 4.90. The van der Waals surface area contributed by atoms with Gasteiger partial charge in [0.2, 0.25) is 0 Å². The highest BCUT2D eigenvalue weighted by Crippen LogP contribution is 2.29. The maximum absolute atomic E-state index is 13.5. The average Bonchev–Trinajstić information content (AvgIpc) is 3.09. The number of methoxy groups -OCH3 is 1. The van der Waals surface area contributed by atoms with Crippen LogP contribution in [0, 0.1) is 22.2 Å². The second-order valence-electron chi connectivity index (χ2n) is 6.33. The summed E-state index contributed by atoms with van der Waals surface area (Å²) in [5, 5.41) is 9.55. The number of aryl methyl sites for hydroxylation is 1. The summed E-state index contributed by atoms with van der Waals surface area (Å²) in [6.07, 6.45) is 0. The number of fused-ring (bicyclic) bond motifs is 1. The van der Waals surface area contributed by atoms with Gasteiger partial charge in [0, 0.05) is 6.07 Å². The van der Waals surface area contributed by atoms with Gasteiger partial charge in [0.05, 0.1) is 30.3 Å². The lowest BCUT2D eigenvalue weighted by molar-refractivity contribution is 0.414. The zero-order chi connectivity index (χ0) is 21.3. The Kier molecular flexibility index (Phi) is 5.72. The SMILES string of the molecule is COc1cccc(-n2c(=S)sc3c(=O)n(-c4ccccc4C)c(SCC#N)nc32)c1. The smallest absolute Gasteiger partial charge is 0.278 e. The summed E-state index contributed by atoms with van der Waals surface area (Å²) in [6, 6.07) is 17.2. The highest BCUT2D eigenvalue weighted by atomic mass is 32.2. The van der Waals surface area contributed by atoms with Crippen LogP contribution in [0.25, 0.3) is 21.7 Å². The quantitative estimate of drug-likeness (QED) is 0.244. The molecule has 0 spiro atoms. The van der Waals surface area contributed by atoms with Gasteiger partial charge in [-0.05, 0) is 42.9 Å². The number of aromatic nitrogens is 3. The molecule has 2 aromatic heterocycles. The van der Waals surface area contributed by atoms with Gasteiger partial charge in [-0.1, -0.05) is 47.4 Å². The molecule has 0 fully saturated rings. The number of thioether (sulfide) groups is 1.